The monoisotopic (exact) mass is 299 g/mol. The number of methoxy groups -OCH3 is 1. The van der Waals surface area contributed by atoms with E-state index >= 15 is 0 Å². The van der Waals surface area contributed by atoms with E-state index in [0.29, 0.717) is 12.1 Å². The van der Waals surface area contributed by atoms with Crippen LogP contribution in [0.25, 0.3) is 0 Å². The summed E-state index contributed by atoms with van der Waals surface area (Å²) in [6, 6.07) is 9.15. The molecule has 0 spiro atoms. The molecule has 2 atom stereocenters. The van der Waals surface area contributed by atoms with E-state index in [9.17, 15) is 0 Å². The highest BCUT2D eigenvalue weighted by Crippen LogP contribution is 2.22. The molecular weight excluding hydrogens is 274 g/mol. The van der Waals surface area contributed by atoms with Crippen LogP contribution in [0.1, 0.15) is 33.1 Å². The Morgan fingerprint density at radius 2 is 1.60 bits per heavy atom. The molecule has 1 aliphatic heterocycles. The highest BCUT2D eigenvalue weighted by molar-refractivity contribution is 5.85. The van der Waals surface area contributed by atoms with Crippen LogP contribution in [0, 0.1) is 0 Å². The van der Waals surface area contributed by atoms with Gasteiger partial charge < -0.3 is 9.47 Å². The molecule has 0 amide bonds. The molecule has 0 radical (unpaired) electrons. The molecule has 1 saturated heterocycles. The lowest BCUT2D eigenvalue weighted by atomic mass is 9.98. The molecule has 4 heteroatoms. The van der Waals surface area contributed by atoms with Gasteiger partial charge in [-0.05, 0) is 51.0 Å². The Labute approximate surface area is 128 Å². The van der Waals surface area contributed by atoms with Crippen LogP contribution in [-0.2, 0) is 0 Å². The van der Waals surface area contributed by atoms with Crippen LogP contribution in [0.2, 0.25) is 0 Å². The zero-order valence-electron chi connectivity index (χ0n) is 12.7. The molecule has 2 rings (SSSR count). The number of piperidine rings is 1. The number of halogens is 1. The van der Waals surface area contributed by atoms with Crippen LogP contribution in [0.4, 0.5) is 0 Å². The molecule has 0 saturated carbocycles. The van der Waals surface area contributed by atoms with Crippen molar-refractivity contribution in [3.8, 4) is 11.5 Å². The Balaban J connectivity index is 0.00000200. The number of benzene rings is 1. The van der Waals surface area contributed by atoms with Gasteiger partial charge in [-0.1, -0.05) is 6.42 Å². The van der Waals surface area contributed by atoms with Crippen molar-refractivity contribution < 1.29 is 9.47 Å². The van der Waals surface area contributed by atoms with Gasteiger partial charge in [-0.2, -0.15) is 0 Å². The number of hydrogen-bond donors (Lipinski definition) is 0. The summed E-state index contributed by atoms with van der Waals surface area (Å²) >= 11 is 0. The second-order valence-electron chi connectivity index (χ2n) is 5.39. The number of hydrogen-bond acceptors (Lipinski definition) is 3. The second kappa shape index (κ2) is 8.38. The summed E-state index contributed by atoms with van der Waals surface area (Å²) in [6.07, 6.45) is 3.98. The van der Waals surface area contributed by atoms with E-state index < -0.39 is 0 Å². The lowest BCUT2D eigenvalue weighted by Gasteiger charge is -2.38. The Morgan fingerprint density at radius 1 is 1.05 bits per heavy atom. The van der Waals surface area contributed by atoms with Crippen molar-refractivity contribution in [2.45, 2.75) is 45.2 Å². The average molecular weight is 300 g/mol. The predicted octanol–water partition coefficient (Wildman–Crippen LogP) is 3.76. The number of likely N-dealkylation sites (tertiary alicyclic amines) is 1. The van der Waals surface area contributed by atoms with Crippen molar-refractivity contribution in [3.63, 3.8) is 0 Å². The van der Waals surface area contributed by atoms with E-state index in [1.54, 1.807) is 7.11 Å². The van der Waals surface area contributed by atoms with Crippen molar-refractivity contribution in [1.29, 1.82) is 0 Å². The number of rotatable bonds is 5. The van der Waals surface area contributed by atoms with Gasteiger partial charge in [-0.3, -0.25) is 4.90 Å². The maximum Gasteiger partial charge on any atom is 0.119 e. The summed E-state index contributed by atoms with van der Waals surface area (Å²) in [5.41, 5.74) is 0. The first-order valence-corrected chi connectivity index (χ1v) is 7.23. The first-order chi connectivity index (χ1) is 9.20. The SMILES string of the molecule is COc1ccc(OCCN2[C@H](C)CCC[C@@H]2C)cc1.Cl. The largest absolute Gasteiger partial charge is 0.497 e. The lowest BCUT2D eigenvalue weighted by Crippen LogP contribution is -2.45. The van der Waals surface area contributed by atoms with Gasteiger partial charge in [0, 0.05) is 18.6 Å². The van der Waals surface area contributed by atoms with E-state index in [4.69, 9.17) is 9.47 Å². The van der Waals surface area contributed by atoms with E-state index in [0.717, 1.165) is 24.7 Å². The van der Waals surface area contributed by atoms with Gasteiger partial charge in [0.15, 0.2) is 0 Å². The summed E-state index contributed by atoms with van der Waals surface area (Å²) in [7, 11) is 1.68. The van der Waals surface area contributed by atoms with Crippen molar-refractivity contribution in [2.24, 2.45) is 0 Å². The Hall–Kier alpha value is -0.930. The van der Waals surface area contributed by atoms with Gasteiger partial charge >= 0.3 is 0 Å². The van der Waals surface area contributed by atoms with Crippen LogP contribution in [0.5, 0.6) is 11.5 Å². The summed E-state index contributed by atoms with van der Waals surface area (Å²) in [5.74, 6) is 1.78. The number of ether oxygens (including phenoxy) is 2. The van der Waals surface area contributed by atoms with E-state index in [2.05, 4.69) is 18.7 Å². The molecule has 0 bridgehead atoms. The van der Waals surface area contributed by atoms with Crippen LogP contribution < -0.4 is 9.47 Å². The minimum absolute atomic E-state index is 0. The van der Waals surface area contributed by atoms with Gasteiger partial charge in [0.25, 0.3) is 0 Å². The Morgan fingerprint density at radius 3 is 2.15 bits per heavy atom. The van der Waals surface area contributed by atoms with Gasteiger partial charge in [0.1, 0.15) is 18.1 Å². The molecule has 1 fully saturated rings. The molecular formula is C16H26ClNO2. The molecule has 0 aromatic heterocycles. The summed E-state index contributed by atoms with van der Waals surface area (Å²) in [6.45, 7) is 6.40. The van der Waals surface area contributed by atoms with Crippen molar-refractivity contribution in [3.05, 3.63) is 24.3 Å². The minimum Gasteiger partial charge on any atom is -0.497 e. The maximum absolute atomic E-state index is 5.81. The van der Waals surface area contributed by atoms with Crippen LogP contribution in [0.3, 0.4) is 0 Å². The van der Waals surface area contributed by atoms with Crippen LogP contribution in [-0.4, -0.2) is 37.2 Å². The fourth-order valence-electron chi connectivity index (χ4n) is 2.86. The molecule has 1 aromatic carbocycles. The molecule has 0 aliphatic carbocycles. The number of nitrogens with zero attached hydrogens (tertiary/aromatic N) is 1. The zero-order chi connectivity index (χ0) is 13.7. The van der Waals surface area contributed by atoms with E-state index in [-0.39, 0.29) is 12.4 Å². The molecule has 3 nitrogen and oxygen atoms in total. The van der Waals surface area contributed by atoms with Crippen molar-refractivity contribution >= 4 is 12.4 Å². The fraction of sp³-hybridized carbons (Fsp3) is 0.625. The van der Waals surface area contributed by atoms with Crippen molar-refractivity contribution in [1.82, 2.24) is 4.90 Å². The Bertz CT molecular complexity index is 373. The molecule has 114 valence electrons. The van der Waals surface area contributed by atoms with Gasteiger partial charge in [-0.15, -0.1) is 12.4 Å². The summed E-state index contributed by atoms with van der Waals surface area (Å²) < 4.78 is 10.9. The Kier molecular flexibility index (Phi) is 7.17. The smallest absolute Gasteiger partial charge is 0.119 e. The molecule has 0 unspecified atom stereocenters. The maximum atomic E-state index is 5.81. The summed E-state index contributed by atoms with van der Waals surface area (Å²) in [5, 5.41) is 0. The summed E-state index contributed by atoms with van der Waals surface area (Å²) in [4.78, 5) is 2.56. The minimum atomic E-state index is 0. The third-order valence-electron chi connectivity index (χ3n) is 4.05. The topological polar surface area (TPSA) is 21.7 Å². The van der Waals surface area contributed by atoms with Crippen molar-refractivity contribution in [2.75, 3.05) is 20.3 Å². The molecule has 20 heavy (non-hydrogen) atoms. The van der Waals surface area contributed by atoms with Gasteiger partial charge in [-0.25, -0.2) is 0 Å². The molecule has 0 N–H and O–H groups in total. The molecule has 1 aromatic rings. The lowest BCUT2D eigenvalue weighted by molar-refractivity contribution is 0.0851. The van der Waals surface area contributed by atoms with E-state index in [1.165, 1.54) is 19.3 Å². The van der Waals surface area contributed by atoms with Gasteiger partial charge in [0.05, 0.1) is 7.11 Å². The third kappa shape index (κ3) is 4.57. The zero-order valence-corrected chi connectivity index (χ0v) is 13.5. The fourth-order valence-corrected chi connectivity index (χ4v) is 2.86. The predicted molar refractivity (Wildman–Crippen MR) is 85.2 cm³/mol. The normalized spacial score (nSPS) is 22.9. The highest BCUT2D eigenvalue weighted by atomic mass is 35.5. The van der Waals surface area contributed by atoms with Crippen LogP contribution >= 0.6 is 12.4 Å². The third-order valence-corrected chi connectivity index (χ3v) is 4.05. The molecule has 1 aliphatic rings. The second-order valence-corrected chi connectivity index (χ2v) is 5.39. The van der Waals surface area contributed by atoms with E-state index in [1.807, 2.05) is 24.3 Å². The first kappa shape index (κ1) is 17.1. The molecule has 1 heterocycles. The quantitative estimate of drug-likeness (QED) is 0.826. The van der Waals surface area contributed by atoms with Gasteiger partial charge in [0.2, 0.25) is 0 Å². The standard InChI is InChI=1S/C16H25NO2.ClH/c1-13-5-4-6-14(2)17(13)11-12-19-16-9-7-15(18-3)8-10-16;/h7-10,13-14H,4-6,11-12H2,1-3H3;1H/t13-,14+;. The average Bonchev–Trinajstić information content (AvgIpc) is 2.43. The van der Waals surface area contributed by atoms with Crippen LogP contribution in [0.15, 0.2) is 24.3 Å². The highest BCUT2D eigenvalue weighted by Gasteiger charge is 2.23. The first-order valence-electron chi connectivity index (χ1n) is 7.23.